The molecule has 1 aromatic heterocycles. The summed E-state index contributed by atoms with van der Waals surface area (Å²) in [6.45, 7) is 1.88. The molecule has 1 heterocycles. The van der Waals surface area contributed by atoms with Gasteiger partial charge in [0, 0.05) is 0 Å². The van der Waals surface area contributed by atoms with E-state index in [4.69, 9.17) is 0 Å². The smallest absolute Gasteiger partial charge is 0.270 e. The van der Waals surface area contributed by atoms with Gasteiger partial charge in [-0.05, 0) is 36.8 Å². The van der Waals surface area contributed by atoms with Gasteiger partial charge in [0.1, 0.15) is 23.0 Å². The zero-order valence-electron chi connectivity index (χ0n) is 14.0. The number of para-hydroxylation sites is 1. The summed E-state index contributed by atoms with van der Waals surface area (Å²) in [7, 11) is 0. The van der Waals surface area contributed by atoms with Crippen LogP contribution in [0.1, 0.15) is 29.0 Å². The molecule has 0 radical (unpaired) electrons. The highest BCUT2D eigenvalue weighted by Gasteiger charge is 2.13. The molecule has 3 aromatic rings. The normalized spacial score (nSPS) is 11.7. The number of anilines is 2. The van der Waals surface area contributed by atoms with Crippen molar-refractivity contribution in [1.82, 2.24) is 10.3 Å². The summed E-state index contributed by atoms with van der Waals surface area (Å²) in [5.41, 5.74) is 1.31. The van der Waals surface area contributed by atoms with Gasteiger partial charge in [0.2, 0.25) is 0 Å². The van der Waals surface area contributed by atoms with Crippen LogP contribution in [0, 0.1) is 11.6 Å². The minimum Gasteiger partial charge on any atom is -0.349 e. The molecule has 0 aliphatic heterocycles. The molecule has 0 fully saturated rings. The topological polar surface area (TPSA) is 54.0 Å². The number of halogens is 2. The number of carbonyl (C=O) groups is 1. The maximum absolute atomic E-state index is 13.7. The van der Waals surface area contributed by atoms with Crippen molar-refractivity contribution in [1.29, 1.82) is 0 Å². The van der Waals surface area contributed by atoms with Gasteiger partial charge >= 0.3 is 0 Å². The monoisotopic (exact) mass is 353 g/mol. The first-order chi connectivity index (χ1) is 12.5. The van der Waals surface area contributed by atoms with Crippen LogP contribution in [0.15, 0.2) is 66.9 Å². The van der Waals surface area contributed by atoms with Crippen molar-refractivity contribution in [2.24, 2.45) is 0 Å². The van der Waals surface area contributed by atoms with Crippen molar-refractivity contribution in [3.8, 4) is 0 Å². The third kappa shape index (κ3) is 4.03. The summed E-state index contributed by atoms with van der Waals surface area (Å²) < 4.78 is 27.3. The van der Waals surface area contributed by atoms with E-state index in [1.165, 1.54) is 18.3 Å². The van der Waals surface area contributed by atoms with Crippen molar-refractivity contribution in [3.05, 3.63) is 89.8 Å². The first kappa shape index (κ1) is 17.5. The summed E-state index contributed by atoms with van der Waals surface area (Å²) in [5, 5.41) is 5.49. The van der Waals surface area contributed by atoms with Crippen LogP contribution < -0.4 is 10.6 Å². The largest absolute Gasteiger partial charge is 0.349 e. The quantitative estimate of drug-likeness (QED) is 0.705. The molecule has 1 unspecified atom stereocenters. The van der Waals surface area contributed by atoms with Gasteiger partial charge in [-0.25, -0.2) is 13.8 Å². The van der Waals surface area contributed by atoms with Crippen LogP contribution in [0.5, 0.6) is 0 Å². The minimum atomic E-state index is -0.705. The Morgan fingerprint density at radius 2 is 1.65 bits per heavy atom. The highest BCUT2D eigenvalue weighted by molar-refractivity contribution is 5.92. The second-order valence-corrected chi connectivity index (χ2v) is 5.76. The van der Waals surface area contributed by atoms with Crippen molar-refractivity contribution in [2.45, 2.75) is 13.0 Å². The first-order valence-corrected chi connectivity index (χ1v) is 8.07. The van der Waals surface area contributed by atoms with Crippen LogP contribution >= 0.6 is 0 Å². The maximum atomic E-state index is 13.7. The number of rotatable bonds is 5. The SMILES string of the molecule is CC(NC(=O)c1ccc(Nc2c(F)cccc2F)cn1)c1ccccc1. The Labute approximate surface area is 149 Å². The second kappa shape index (κ2) is 7.74. The van der Waals surface area contributed by atoms with Crippen molar-refractivity contribution in [3.63, 3.8) is 0 Å². The lowest BCUT2D eigenvalue weighted by molar-refractivity contribution is 0.0935. The molecule has 0 aliphatic rings. The summed E-state index contributed by atoms with van der Waals surface area (Å²) >= 11 is 0. The van der Waals surface area contributed by atoms with Crippen LogP contribution in [0.3, 0.4) is 0 Å². The standard InChI is InChI=1S/C20H17F2N3O/c1-13(14-6-3-2-4-7-14)24-20(26)18-11-10-15(12-23-18)25-19-16(21)8-5-9-17(19)22/h2-13,25H,1H3,(H,24,26). The van der Waals surface area contributed by atoms with Gasteiger partial charge in [-0.3, -0.25) is 4.79 Å². The number of carbonyl (C=O) groups excluding carboxylic acids is 1. The summed E-state index contributed by atoms with van der Waals surface area (Å²) in [6.07, 6.45) is 1.36. The Morgan fingerprint density at radius 3 is 2.27 bits per heavy atom. The molecular weight excluding hydrogens is 336 g/mol. The van der Waals surface area contributed by atoms with Crippen molar-refractivity contribution in [2.75, 3.05) is 5.32 Å². The Hall–Kier alpha value is -3.28. The van der Waals surface area contributed by atoms with Gasteiger partial charge < -0.3 is 10.6 Å². The number of benzene rings is 2. The predicted octanol–water partition coefficient (Wildman–Crippen LogP) is 4.59. The molecule has 0 saturated heterocycles. The molecule has 132 valence electrons. The van der Waals surface area contributed by atoms with E-state index in [-0.39, 0.29) is 23.3 Å². The average molecular weight is 353 g/mol. The van der Waals surface area contributed by atoms with Gasteiger partial charge in [-0.1, -0.05) is 36.4 Å². The molecule has 26 heavy (non-hydrogen) atoms. The number of nitrogens with zero attached hydrogens (tertiary/aromatic N) is 1. The van der Waals surface area contributed by atoms with E-state index in [0.717, 1.165) is 17.7 Å². The van der Waals surface area contributed by atoms with E-state index in [1.54, 1.807) is 6.07 Å². The van der Waals surface area contributed by atoms with Crippen LogP contribution in [0.2, 0.25) is 0 Å². The Kier molecular flexibility index (Phi) is 5.22. The minimum absolute atomic E-state index is 0.171. The van der Waals surface area contributed by atoms with Gasteiger partial charge in [0.25, 0.3) is 5.91 Å². The third-order valence-corrected chi connectivity index (χ3v) is 3.88. The molecule has 1 amide bonds. The molecule has 4 nitrogen and oxygen atoms in total. The first-order valence-electron chi connectivity index (χ1n) is 8.07. The van der Waals surface area contributed by atoms with Gasteiger partial charge in [0.15, 0.2) is 0 Å². The summed E-state index contributed by atoms with van der Waals surface area (Å²) in [6, 6.07) is 16.0. The fourth-order valence-electron chi connectivity index (χ4n) is 2.46. The maximum Gasteiger partial charge on any atom is 0.270 e. The van der Waals surface area contributed by atoms with E-state index in [1.807, 2.05) is 37.3 Å². The van der Waals surface area contributed by atoms with E-state index in [9.17, 15) is 13.6 Å². The van der Waals surface area contributed by atoms with Crippen LogP contribution in [0.25, 0.3) is 0 Å². The van der Waals surface area contributed by atoms with Crippen LogP contribution in [-0.4, -0.2) is 10.9 Å². The fourth-order valence-corrected chi connectivity index (χ4v) is 2.46. The second-order valence-electron chi connectivity index (χ2n) is 5.76. The number of amides is 1. The zero-order valence-corrected chi connectivity index (χ0v) is 14.0. The molecule has 6 heteroatoms. The van der Waals surface area contributed by atoms with Crippen molar-refractivity contribution >= 4 is 17.3 Å². The highest BCUT2D eigenvalue weighted by Crippen LogP contribution is 2.22. The molecule has 1 atom stereocenters. The number of pyridine rings is 1. The highest BCUT2D eigenvalue weighted by atomic mass is 19.1. The lowest BCUT2D eigenvalue weighted by Gasteiger charge is -2.14. The third-order valence-electron chi connectivity index (χ3n) is 3.88. The molecular formula is C20H17F2N3O. The Bertz CT molecular complexity index is 878. The summed E-state index contributed by atoms with van der Waals surface area (Å²) in [4.78, 5) is 16.4. The number of hydrogen-bond acceptors (Lipinski definition) is 3. The fraction of sp³-hybridized carbons (Fsp3) is 0.100. The number of nitrogens with one attached hydrogen (secondary N) is 2. The van der Waals surface area contributed by atoms with E-state index in [2.05, 4.69) is 15.6 Å². The van der Waals surface area contributed by atoms with Gasteiger partial charge in [-0.2, -0.15) is 0 Å². The Morgan fingerprint density at radius 1 is 0.962 bits per heavy atom. The van der Waals surface area contributed by atoms with E-state index in [0.29, 0.717) is 5.69 Å². The van der Waals surface area contributed by atoms with Gasteiger partial charge in [0.05, 0.1) is 17.9 Å². The molecule has 2 aromatic carbocycles. The van der Waals surface area contributed by atoms with Crippen molar-refractivity contribution < 1.29 is 13.6 Å². The Balaban J connectivity index is 1.68. The molecule has 0 aliphatic carbocycles. The number of aromatic nitrogens is 1. The zero-order chi connectivity index (χ0) is 18.5. The van der Waals surface area contributed by atoms with Gasteiger partial charge in [-0.15, -0.1) is 0 Å². The predicted molar refractivity (Wildman–Crippen MR) is 96.2 cm³/mol. The average Bonchev–Trinajstić information content (AvgIpc) is 2.66. The van der Waals surface area contributed by atoms with E-state index < -0.39 is 11.6 Å². The lowest BCUT2D eigenvalue weighted by Crippen LogP contribution is -2.27. The van der Waals surface area contributed by atoms with Crippen LogP contribution in [0.4, 0.5) is 20.2 Å². The molecule has 0 saturated carbocycles. The lowest BCUT2D eigenvalue weighted by atomic mass is 10.1. The molecule has 2 N–H and O–H groups in total. The summed E-state index contributed by atoms with van der Waals surface area (Å²) in [5.74, 6) is -1.74. The molecule has 0 bridgehead atoms. The number of hydrogen-bond donors (Lipinski definition) is 2. The van der Waals surface area contributed by atoms with Crippen LogP contribution in [-0.2, 0) is 0 Å². The van der Waals surface area contributed by atoms with E-state index >= 15 is 0 Å². The molecule has 0 spiro atoms. The molecule has 3 rings (SSSR count).